The first-order chi connectivity index (χ1) is 9.13. The summed E-state index contributed by atoms with van der Waals surface area (Å²) in [4.78, 5) is 23.1. The number of nitrogens with one attached hydrogen (secondary N) is 2. The van der Waals surface area contributed by atoms with E-state index in [0.29, 0.717) is 6.42 Å². The lowest BCUT2D eigenvalue weighted by Gasteiger charge is -2.17. The maximum absolute atomic E-state index is 11.7. The fourth-order valence-electron chi connectivity index (χ4n) is 2.22. The number of carbonyl (C=O) groups is 2. The van der Waals surface area contributed by atoms with Crippen molar-refractivity contribution < 1.29 is 14.7 Å². The largest absolute Gasteiger partial charge is 0.390 e. The summed E-state index contributed by atoms with van der Waals surface area (Å²) in [5.74, 6) is -1.49. The Morgan fingerprint density at radius 1 is 1.32 bits per heavy atom. The van der Waals surface area contributed by atoms with Gasteiger partial charge in [-0.05, 0) is 11.1 Å². The van der Waals surface area contributed by atoms with Gasteiger partial charge in [0.2, 0.25) is 0 Å². The van der Waals surface area contributed by atoms with E-state index >= 15 is 0 Å². The van der Waals surface area contributed by atoms with E-state index in [9.17, 15) is 14.7 Å². The predicted molar refractivity (Wildman–Crippen MR) is 69.1 cm³/mol. The summed E-state index contributed by atoms with van der Waals surface area (Å²) in [7, 11) is 0. The van der Waals surface area contributed by atoms with Crippen LogP contribution in [0, 0.1) is 0 Å². The molecule has 1 aliphatic rings. The zero-order chi connectivity index (χ0) is 13.8. The van der Waals surface area contributed by atoms with Gasteiger partial charge >= 0.3 is 11.8 Å². The molecule has 102 valence electrons. The summed E-state index contributed by atoms with van der Waals surface area (Å²) < 4.78 is 0. The minimum absolute atomic E-state index is 0.246. The molecule has 0 spiro atoms. The zero-order valence-corrected chi connectivity index (χ0v) is 10.4. The van der Waals surface area contributed by atoms with Gasteiger partial charge in [-0.1, -0.05) is 24.3 Å². The molecule has 1 aromatic carbocycles. The third-order valence-electron chi connectivity index (χ3n) is 3.13. The van der Waals surface area contributed by atoms with E-state index in [1.165, 1.54) is 0 Å². The molecule has 1 aromatic rings. The van der Waals surface area contributed by atoms with Crippen LogP contribution in [0.2, 0.25) is 0 Å². The SMILES string of the molecule is NCCNC(=O)C(=O)N[C@@H]1c2ccccc2C[C@@H]1O. The molecule has 1 aliphatic carbocycles. The van der Waals surface area contributed by atoms with Gasteiger partial charge in [0.1, 0.15) is 0 Å². The Hall–Kier alpha value is -1.92. The van der Waals surface area contributed by atoms with Crippen LogP contribution in [0.25, 0.3) is 0 Å². The van der Waals surface area contributed by atoms with Crippen molar-refractivity contribution in [3.05, 3.63) is 35.4 Å². The van der Waals surface area contributed by atoms with Crippen LogP contribution in [0.5, 0.6) is 0 Å². The molecule has 0 radical (unpaired) electrons. The van der Waals surface area contributed by atoms with E-state index in [-0.39, 0.29) is 13.1 Å². The van der Waals surface area contributed by atoms with Crippen LogP contribution in [0.15, 0.2) is 24.3 Å². The smallest absolute Gasteiger partial charge is 0.309 e. The topological polar surface area (TPSA) is 104 Å². The molecule has 0 unspecified atom stereocenters. The van der Waals surface area contributed by atoms with Gasteiger partial charge in [0, 0.05) is 19.5 Å². The number of fused-ring (bicyclic) bond motifs is 1. The van der Waals surface area contributed by atoms with Crippen molar-refractivity contribution in [2.24, 2.45) is 5.73 Å². The van der Waals surface area contributed by atoms with E-state index in [0.717, 1.165) is 11.1 Å². The lowest BCUT2D eigenvalue weighted by molar-refractivity contribution is -0.140. The summed E-state index contributed by atoms with van der Waals surface area (Å²) in [5.41, 5.74) is 7.08. The third kappa shape index (κ3) is 2.91. The molecule has 6 heteroatoms. The Labute approximate surface area is 111 Å². The van der Waals surface area contributed by atoms with Gasteiger partial charge in [-0.3, -0.25) is 9.59 Å². The highest BCUT2D eigenvalue weighted by molar-refractivity contribution is 6.35. The fourth-order valence-corrected chi connectivity index (χ4v) is 2.22. The second-order valence-corrected chi connectivity index (χ2v) is 4.47. The number of aliphatic hydroxyl groups excluding tert-OH is 1. The quantitative estimate of drug-likeness (QED) is 0.516. The van der Waals surface area contributed by atoms with Gasteiger partial charge in [0.05, 0.1) is 12.1 Å². The molecule has 19 heavy (non-hydrogen) atoms. The average molecular weight is 263 g/mol. The molecule has 0 heterocycles. The lowest BCUT2D eigenvalue weighted by atomic mass is 10.1. The molecule has 0 fully saturated rings. The second kappa shape index (κ2) is 5.81. The Kier molecular flexibility index (Phi) is 4.13. The molecule has 5 N–H and O–H groups in total. The Morgan fingerprint density at radius 2 is 2.05 bits per heavy atom. The summed E-state index contributed by atoms with van der Waals surface area (Å²) in [6.45, 7) is 0.518. The first-order valence-electron chi connectivity index (χ1n) is 6.18. The van der Waals surface area contributed by atoms with Gasteiger partial charge in [0.25, 0.3) is 0 Å². The van der Waals surface area contributed by atoms with Crippen molar-refractivity contribution in [3.8, 4) is 0 Å². The normalized spacial score (nSPS) is 20.7. The molecule has 0 aliphatic heterocycles. The van der Waals surface area contributed by atoms with Crippen LogP contribution in [0.3, 0.4) is 0 Å². The van der Waals surface area contributed by atoms with Crippen LogP contribution in [0.4, 0.5) is 0 Å². The molecule has 0 bridgehead atoms. The molecule has 2 amide bonds. The Balaban J connectivity index is 2.03. The number of hydrogen-bond acceptors (Lipinski definition) is 4. The maximum Gasteiger partial charge on any atom is 0.309 e. The number of amides is 2. The minimum Gasteiger partial charge on any atom is -0.390 e. The second-order valence-electron chi connectivity index (χ2n) is 4.47. The maximum atomic E-state index is 11.7. The highest BCUT2D eigenvalue weighted by atomic mass is 16.3. The summed E-state index contributed by atoms with van der Waals surface area (Å²) >= 11 is 0. The highest BCUT2D eigenvalue weighted by Gasteiger charge is 2.33. The lowest BCUT2D eigenvalue weighted by Crippen LogP contribution is -2.44. The number of rotatable bonds is 3. The molecule has 0 saturated heterocycles. The van der Waals surface area contributed by atoms with E-state index in [1.54, 1.807) is 0 Å². The first kappa shape index (κ1) is 13.5. The summed E-state index contributed by atoms with van der Waals surface area (Å²) in [6, 6.07) is 6.93. The molecular weight excluding hydrogens is 246 g/mol. The summed E-state index contributed by atoms with van der Waals surface area (Å²) in [6.07, 6.45) is -0.227. The van der Waals surface area contributed by atoms with Crippen LogP contribution < -0.4 is 16.4 Å². The number of carbonyl (C=O) groups excluding carboxylic acids is 2. The van der Waals surface area contributed by atoms with E-state index < -0.39 is 24.0 Å². The van der Waals surface area contributed by atoms with Gasteiger partial charge in [-0.2, -0.15) is 0 Å². The van der Waals surface area contributed by atoms with Crippen molar-refractivity contribution >= 4 is 11.8 Å². The average Bonchev–Trinajstić information content (AvgIpc) is 2.72. The van der Waals surface area contributed by atoms with Gasteiger partial charge in [-0.25, -0.2) is 0 Å². The van der Waals surface area contributed by atoms with Crippen molar-refractivity contribution in [3.63, 3.8) is 0 Å². The monoisotopic (exact) mass is 263 g/mol. The van der Waals surface area contributed by atoms with Crippen LogP contribution in [-0.2, 0) is 16.0 Å². The van der Waals surface area contributed by atoms with Gasteiger partial charge in [-0.15, -0.1) is 0 Å². The molecule has 0 saturated carbocycles. The number of aliphatic hydroxyl groups is 1. The predicted octanol–water partition coefficient (Wildman–Crippen LogP) is -1.16. The number of benzene rings is 1. The van der Waals surface area contributed by atoms with Crippen molar-refractivity contribution in [2.45, 2.75) is 18.6 Å². The number of hydrogen-bond donors (Lipinski definition) is 4. The Morgan fingerprint density at radius 3 is 2.79 bits per heavy atom. The van der Waals surface area contributed by atoms with E-state index in [4.69, 9.17) is 5.73 Å². The van der Waals surface area contributed by atoms with E-state index in [2.05, 4.69) is 10.6 Å². The molecule has 0 aromatic heterocycles. The fraction of sp³-hybridized carbons (Fsp3) is 0.385. The zero-order valence-electron chi connectivity index (χ0n) is 10.4. The van der Waals surface area contributed by atoms with Crippen LogP contribution in [-0.4, -0.2) is 36.1 Å². The molecule has 2 atom stereocenters. The first-order valence-corrected chi connectivity index (χ1v) is 6.18. The Bertz CT molecular complexity index is 490. The van der Waals surface area contributed by atoms with Gasteiger partial charge < -0.3 is 21.5 Å². The van der Waals surface area contributed by atoms with Crippen molar-refractivity contribution in [2.75, 3.05) is 13.1 Å². The number of nitrogens with two attached hydrogens (primary N) is 1. The highest BCUT2D eigenvalue weighted by Crippen LogP contribution is 2.30. The van der Waals surface area contributed by atoms with Gasteiger partial charge in [0.15, 0.2) is 0 Å². The minimum atomic E-state index is -0.755. The molecule has 2 rings (SSSR count). The molecule has 6 nitrogen and oxygen atoms in total. The van der Waals surface area contributed by atoms with Crippen LogP contribution >= 0.6 is 0 Å². The van der Waals surface area contributed by atoms with Crippen molar-refractivity contribution in [1.82, 2.24) is 10.6 Å². The summed E-state index contributed by atoms with van der Waals surface area (Å²) in [5, 5.41) is 14.9. The van der Waals surface area contributed by atoms with Crippen molar-refractivity contribution in [1.29, 1.82) is 0 Å². The van der Waals surface area contributed by atoms with Crippen LogP contribution in [0.1, 0.15) is 17.2 Å². The van der Waals surface area contributed by atoms with E-state index in [1.807, 2.05) is 24.3 Å². The third-order valence-corrected chi connectivity index (χ3v) is 3.13. The standard InChI is InChI=1S/C13H17N3O3/c14-5-6-15-12(18)13(19)16-11-9-4-2-1-3-8(9)7-10(11)17/h1-4,10-11,17H,5-7,14H2,(H,15,18)(H,16,19)/t10-,11+/m0/s1. The molecular formula is C13H17N3O3.